The smallest absolute Gasteiger partial charge is 0.318 e. The van der Waals surface area contributed by atoms with Crippen LogP contribution < -0.4 is 0 Å². The lowest BCUT2D eigenvalue weighted by atomic mass is 9.85. The van der Waals surface area contributed by atoms with Gasteiger partial charge in [-0.05, 0) is 80.8 Å². The van der Waals surface area contributed by atoms with E-state index >= 15 is 0 Å². The maximum absolute atomic E-state index is 12.8. The van der Waals surface area contributed by atoms with Crippen LogP contribution in [0.3, 0.4) is 0 Å². The summed E-state index contributed by atoms with van der Waals surface area (Å²) in [4.78, 5) is 34.7. The number of para-hydroxylation sites is 1. The normalized spacial score (nSPS) is 13.6. The lowest BCUT2D eigenvalue weighted by molar-refractivity contribution is -0.140. The molecule has 7 nitrogen and oxygen atoms in total. The van der Waals surface area contributed by atoms with E-state index in [0.29, 0.717) is 17.7 Å². The van der Waals surface area contributed by atoms with E-state index in [1.807, 2.05) is 37.3 Å². The molecule has 0 atom stereocenters. The predicted octanol–water partition coefficient (Wildman–Crippen LogP) is 8.33. The molecule has 0 bridgehead atoms. The number of aromatic nitrogens is 1. The number of unbranched alkanes of at least 4 members (excludes halogenated alkanes) is 3. The minimum atomic E-state index is -0.467. The predicted molar refractivity (Wildman–Crippen MR) is 171 cm³/mol. The number of benzene rings is 3. The maximum Gasteiger partial charge on any atom is 0.365 e. The van der Waals surface area contributed by atoms with Crippen molar-refractivity contribution in [3.8, 4) is 5.69 Å². The van der Waals surface area contributed by atoms with Crippen molar-refractivity contribution in [1.29, 1.82) is 0 Å². The van der Waals surface area contributed by atoms with Crippen molar-refractivity contribution >= 4 is 34.3 Å². The Morgan fingerprint density at radius 2 is 1.53 bits per heavy atom. The molecule has 0 fully saturated rings. The highest BCUT2D eigenvalue weighted by atomic mass is 16.7. The monoisotopic (exact) mass is 577 g/mol. The van der Waals surface area contributed by atoms with Gasteiger partial charge in [-0.25, -0.2) is 9.59 Å². The SMILES string of the molecule is CCCCCC/C(=N\OC(=O)c1ccccc1)c1cn(-c2ccc(/C(C)=N/OC(C)=O)c3c2CCCC3)c2ccccc12. The molecule has 0 spiro atoms. The van der Waals surface area contributed by atoms with Crippen LogP contribution in [0.4, 0.5) is 0 Å². The van der Waals surface area contributed by atoms with Crippen molar-refractivity contribution < 1.29 is 19.3 Å². The van der Waals surface area contributed by atoms with E-state index in [0.717, 1.165) is 84.8 Å². The average Bonchev–Trinajstić information content (AvgIpc) is 3.42. The van der Waals surface area contributed by atoms with E-state index in [1.165, 1.54) is 18.1 Å². The van der Waals surface area contributed by atoms with Gasteiger partial charge < -0.3 is 14.2 Å². The van der Waals surface area contributed by atoms with Crippen molar-refractivity contribution in [1.82, 2.24) is 4.57 Å². The number of oxime groups is 2. The minimum absolute atomic E-state index is 0.433. The molecule has 43 heavy (non-hydrogen) atoms. The van der Waals surface area contributed by atoms with Crippen LogP contribution in [0.5, 0.6) is 0 Å². The lowest BCUT2D eigenvalue weighted by Crippen LogP contribution is -2.13. The molecule has 0 radical (unpaired) electrons. The Kier molecular flexibility index (Phi) is 9.82. The topological polar surface area (TPSA) is 82.2 Å². The molecule has 1 heterocycles. The van der Waals surface area contributed by atoms with Crippen LogP contribution in [0.15, 0.2) is 83.2 Å². The molecule has 0 N–H and O–H groups in total. The van der Waals surface area contributed by atoms with Gasteiger partial charge in [-0.2, -0.15) is 0 Å². The largest absolute Gasteiger partial charge is 0.365 e. The first-order chi connectivity index (χ1) is 21.0. The third kappa shape index (κ3) is 6.94. The Morgan fingerprint density at radius 1 is 0.791 bits per heavy atom. The number of hydrogen-bond acceptors (Lipinski definition) is 6. The van der Waals surface area contributed by atoms with Gasteiger partial charge in [0.1, 0.15) is 0 Å². The zero-order valence-electron chi connectivity index (χ0n) is 25.3. The first-order valence-corrected chi connectivity index (χ1v) is 15.3. The molecule has 0 aliphatic heterocycles. The molecule has 222 valence electrons. The number of rotatable bonds is 11. The first kappa shape index (κ1) is 30.0. The van der Waals surface area contributed by atoms with Gasteiger partial charge >= 0.3 is 11.9 Å². The molecule has 0 saturated heterocycles. The summed E-state index contributed by atoms with van der Waals surface area (Å²) in [6.45, 7) is 5.43. The van der Waals surface area contributed by atoms with Crippen molar-refractivity contribution in [2.45, 2.75) is 78.6 Å². The summed E-state index contributed by atoms with van der Waals surface area (Å²) in [6, 6.07) is 21.5. The summed E-state index contributed by atoms with van der Waals surface area (Å²) < 4.78 is 2.25. The van der Waals surface area contributed by atoms with E-state index in [9.17, 15) is 9.59 Å². The Balaban J connectivity index is 1.58. The highest BCUT2D eigenvalue weighted by molar-refractivity contribution is 6.11. The summed E-state index contributed by atoms with van der Waals surface area (Å²) in [7, 11) is 0. The number of carbonyl (C=O) groups excluding carboxylic acids is 2. The van der Waals surface area contributed by atoms with Crippen LogP contribution in [0.25, 0.3) is 16.6 Å². The fourth-order valence-electron chi connectivity index (χ4n) is 5.88. The molecule has 4 aromatic rings. The highest BCUT2D eigenvalue weighted by Gasteiger charge is 2.22. The Bertz CT molecular complexity index is 1670. The van der Waals surface area contributed by atoms with Gasteiger partial charge in [0.15, 0.2) is 0 Å². The third-order valence-electron chi connectivity index (χ3n) is 8.01. The van der Waals surface area contributed by atoms with Gasteiger partial charge in [0.2, 0.25) is 0 Å². The van der Waals surface area contributed by atoms with Crippen LogP contribution in [-0.2, 0) is 27.3 Å². The van der Waals surface area contributed by atoms with Gasteiger partial charge in [-0.1, -0.05) is 79.0 Å². The summed E-state index contributed by atoms with van der Waals surface area (Å²) in [5.41, 5.74) is 8.64. The molecule has 1 aliphatic rings. The highest BCUT2D eigenvalue weighted by Crippen LogP contribution is 2.34. The Labute approximate surface area is 253 Å². The molecular formula is C36H39N3O4. The Morgan fingerprint density at radius 3 is 2.30 bits per heavy atom. The summed E-state index contributed by atoms with van der Waals surface area (Å²) >= 11 is 0. The zero-order valence-corrected chi connectivity index (χ0v) is 25.3. The third-order valence-corrected chi connectivity index (χ3v) is 8.01. The van der Waals surface area contributed by atoms with Gasteiger partial charge in [0.05, 0.1) is 22.5 Å². The second-order valence-corrected chi connectivity index (χ2v) is 11.1. The van der Waals surface area contributed by atoms with E-state index in [4.69, 9.17) is 9.68 Å². The lowest BCUT2D eigenvalue weighted by Gasteiger charge is -2.23. The molecule has 7 heteroatoms. The first-order valence-electron chi connectivity index (χ1n) is 15.3. The fraction of sp³-hybridized carbons (Fsp3) is 0.333. The second-order valence-electron chi connectivity index (χ2n) is 11.1. The van der Waals surface area contributed by atoms with Crippen molar-refractivity contribution in [3.63, 3.8) is 0 Å². The van der Waals surface area contributed by atoms with Crippen molar-refractivity contribution in [2.75, 3.05) is 0 Å². The average molecular weight is 578 g/mol. The van der Waals surface area contributed by atoms with Crippen LogP contribution >= 0.6 is 0 Å². The molecule has 0 saturated carbocycles. The Hall–Kier alpha value is -4.52. The van der Waals surface area contributed by atoms with Crippen molar-refractivity contribution in [3.05, 3.63) is 101 Å². The van der Waals surface area contributed by atoms with Crippen LogP contribution in [0, 0.1) is 0 Å². The second kappa shape index (κ2) is 14.1. The fourth-order valence-corrected chi connectivity index (χ4v) is 5.88. The van der Waals surface area contributed by atoms with Gasteiger partial charge in [-0.15, -0.1) is 0 Å². The molecule has 0 unspecified atom stereocenters. The summed E-state index contributed by atoms with van der Waals surface area (Å²) in [5.74, 6) is -0.899. The van der Waals surface area contributed by atoms with Gasteiger partial charge in [-0.3, -0.25) is 0 Å². The molecule has 5 rings (SSSR count). The van der Waals surface area contributed by atoms with E-state index in [2.05, 4.69) is 52.3 Å². The molecule has 0 amide bonds. The maximum atomic E-state index is 12.8. The standard InChI is InChI=1S/C36H39N3O4/c1-4-5-6-10-20-33(38-43-36(41)27-15-8-7-9-16-27)32-24-39(34-21-14-13-19-31(32)34)35-23-22-28(25(2)37-42-26(3)40)29-17-11-12-18-30(29)35/h7-9,13-16,19,21-24H,4-6,10-12,17-18,20H2,1-3H3/b37-25+,38-33+. The number of nitrogens with zero attached hydrogens (tertiary/aromatic N) is 3. The molecule has 1 aliphatic carbocycles. The quantitative estimate of drug-likeness (QED) is 0.0777. The number of hydrogen-bond donors (Lipinski definition) is 0. The number of carbonyl (C=O) groups is 2. The summed E-state index contributed by atoms with van der Waals surface area (Å²) in [6.07, 6.45) is 11.3. The van der Waals surface area contributed by atoms with E-state index < -0.39 is 11.9 Å². The van der Waals surface area contributed by atoms with Crippen LogP contribution in [0.2, 0.25) is 0 Å². The van der Waals surface area contributed by atoms with Gasteiger partial charge in [0, 0.05) is 35.3 Å². The van der Waals surface area contributed by atoms with E-state index in [1.54, 1.807) is 12.1 Å². The summed E-state index contributed by atoms with van der Waals surface area (Å²) in [5, 5.41) is 9.63. The number of fused-ring (bicyclic) bond motifs is 2. The molecular weight excluding hydrogens is 538 g/mol. The van der Waals surface area contributed by atoms with Crippen LogP contribution in [-0.4, -0.2) is 27.9 Å². The van der Waals surface area contributed by atoms with Crippen LogP contribution in [0.1, 0.15) is 98.3 Å². The molecule has 1 aromatic heterocycles. The molecule has 3 aromatic carbocycles. The van der Waals surface area contributed by atoms with Gasteiger partial charge in [0.25, 0.3) is 0 Å². The minimum Gasteiger partial charge on any atom is -0.318 e. The van der Waals surface area contributed by atoms with E-state index in [-0.39, 0.29) is 0 Å². The zero-order chi connectivity index (χ0) is 30.2. The van der Waals surface area contributed by atoms with Crippen molar-refractivity contribution in [2.24, 2.45) is 10.3 Å².